The van der Waals surface area contributed by atoms with Crippen molar-refractivity contribution in [2.24, 2.45) is 5.92 Å². The van der Waals surface area contributed by atoms with Gasteiger partial charge >= 0.3 is 5.97 Å². The molecule has 0 bridgehead atoms. The second-order valence-electron chi connectivity index (χ2n) is 2.74. The SMILES string of the molecule is CC(C)COCC(F)C(=O)O. The maximum absolute atomic E-state index is 12.3. The van der Waals surface area contributed by atoms with Crippen LogP contribution in [0.15, 0.2) is 0 Å². The van der Waals surface area contributed by atoms with E-state index >= 15 is 0 Å². The van der Waals surface area contributed by atoms with E-state index in [0.717, 1.165) is 0 Å². The van der Waals surface area contributed by atoms with Gasteiger partial charge in [0.05, 0.1) is 6.61 Å². The first-order chi connectivity index (χ1) is 5.04. The van der Waals surface area contributed by atoms with Gasteiger partial charge in [0, 0.05) is 6.61 Å². The Kier molecular flexibility index (Phi) is 4.77. The van der Waals surface area contributed by atoms with Crippen molar-refractivity contribution in [1.29, 1.82) is 0 Å². The van der Waals surface area contributed by atoms with E-state index in [1.807, 2.05) is 13.8 Å². The molecular weight excluding hydrogens is 151 g/mol. The van der Waals surface area contributed by atoms with Crippen molar-refractivity contribution < 1.29 is 19.0 Å². The molecule has 4 heteroatoms. The molecule has 1 atom stereocenters. The van der Waals surface area contributed by atoms with Crippen molar-refractivity contribution in [3.8, 4) is 0 Å². The smallest absolute Gasteiger partial charge is 0.340 e. The number of rotatable bonds is 5. The van der Waals surface area contributed by atoms with Crippen LogP contribution in [0.2, 0.25) is 0 Å². The first kappa shape index (κ1) is 10.4. The highest BCUT2D eigenvalue weighted by atomic mass is 19.1. The van der Waals surface area contributed by atoms with Crippen LogP contribution in [0.5, 0.6) is 0 Å². The fraction of sp³-hybridized carbons (Fsp3) is 0.857. The summed E-state index contributed by atoms with van der Waals surface area (Å²) in [7, 11) is 0. The number of aliphatic carboxylic acids is 1. The predicted octanol–water partition coefficient (Wildman–Crippen LogP) is 1.08. The van der Waals surface area contributed by atoms with Crippen molar-refractivity contribution in [2.45, 2.75) is 20.0 Å². The van der Waals surface area contributed by atoms with Crippen molar-refractivity contribution in [3.05, 3.63) is 0 Å². The molecule has 11 heavy (non-hydrogen) atoms. The van der Waals surface area contributed by atoms with Gasteiger partial charge in [-0.05, 0) is 5.92 Å². The van der Waals surface area contributed by atoms with Gasteiger partial charge < -0.3 is 9.84 Å². The minimum atomic E-state index is -1.89. The Morgan fingerprint density at radius 2 is 2.09 bits per heavy atom. The zero-order valence-corrected chi connectivity index (χ0v) is 6.71. The topological polar surface area (TPSA) is 46.5 Å². The Balaban J connectivity index is 3.31. The second-order valence-corrected chi connectivity index (χ2v) is 2.74. The lowest BCUT2D eigenvalue weighted by Gasteiger charge is -2.06. The number of halogens is 1. The van der Waals surface area contributed by atoms with E-state index in [-0.39, 0.29) is 6.61 Å². The fourth-order valence-electron chi connectivity index (χ4n) is 0.479. The Hall–Kier alpha value is -0.640. The minimum Gasteiger partial charge on any atom is -0.479 e. The molecule has 0 amide bonds. The summed E-state index contributed by atoms with van der Waals surface area (Å²) in [6.07, 6.45) is -1.89. The summed E-state index contributed by atoms with van der Waals surface area (Å²) in [6.45, 7) is 3.86. The summed E-state index contributed by atoms with van der Waals surface area (Å²) >= 11 is 0. The van der Waals surface area contributed by atoms with Crippen LogP contribution in [0.3, 0.4) is 0 Å². The molecule has 0 saturated heterocycles. The van der Waals surface area contributed by atoms with Crippen LogP contribution in [0.25, 0.3) is 0 Å². The normalized spacial score (nSPS) is 13.5. The molecular formula is C7H13FO3. The maximum Gasteiger partial charge on any atom is 0.340 e. The lowest BCUT2D eigenvalue weighted by atomic mass is 10.2. The Labute approximate surface area is 65.2 Å². The molecule has 0 aromatic rings. The number of hydrogen-bond acceptors (Lipinski definition) is 2. The van der Waals surface area contributed by atoms with E-state index in [1.54, 1.807) is 0 Å². The molecule has 0 aromatic carbocycles. The van der Waals surface area contributed by atoms with Gasteiger partial charge in [0.1, 0.15) is 0 Å². The third-order valence-electron chi connectivity index (χ3n) is 0.983. The molecule has 1 unspecified atom stereocenters. The average Bonchev–Trinajstić information content (AvgIpc) is 1.86. The van der Waals surface area contributed by atoms with Gasteiger partial charge in [0.25, 0.3) is 0 Å². The van der Waals surface area contributed by atoms with Crippen molar-refractivity contribution in [3.63, 3.8) is 0 Å². The first-order valence-corrected chi connectivity index (χ1v) is 3.48. The zero-order valence-electron chi connectivity index (χ0n) is 6.71. The third-order valence-corrected chi connectivity index (χ3v) is 0.983. The van der Waals surface area contributed by atoms with Gasteiger partial charge in [-0.2, -0.15) is 0 Å². The van der Waals surface area contributed by atoms with Gasteiger partial charge in [-0.25, -0.2) is 9.18 Å². The highest BCUT2D eigenvalue weighted by molar-refractivity contribution is 5.72. The number of carboxylic acids is 1. The van der Waals surface area contributed by atoms with Crippen LogP contribution in [-0.2, 0) is 9.53 Å². The largest absolute Gasteiger partial charge is 0.479 e. The Bertz CT molecular complexity index is 125. The van der Waals surface area contributed by atoms with Crippen LogP contribution in [-0.4, -0.2) is 30.5 Å². The van der Waals surface area contributed by atoms with Gasteiger partial charge in [-0.1, -0.05) is 13.8 Å². The predicted molar refractivity (Wildman–Crippen MR) is 38.2 cm³/mol. The van der Waals surface area contributed by atoms with Crippen LogP contribution >= 0.6 is 0 Å². The van der Waals surface area contributed by atoms with Crippen LogP contribution in [0.4, 0.5) is 4.39 Å². The highest BCUT2D eigenvalue weighted by Gasteiger charge is 2.15. The lowest BCUT2D eigenvalue weighted by molar-refractivity contribution is -0.145. The number of ether oxygens (including phenoxy) is 1. The molecule has 1 N–H and O–H groups in total. The molecule has 0 spiro atoms. The van der Waals surface area contributed by atoms with Gasteiger partial charge in [0.2, 0.25) is 6.17 Å². The van der Waals surface area contributed by atoms with E-state index < -0.39 is 12.1 Å². The highest BCUT2D eigenvalue weighted by Crippen LogP contribution is 1.96. The average molecular weight is 164 g/mol. The summed E-state index contributed by atoms with van der Waals surface area (Å²) in [5.74, 6) is -1.16. The summed E-state index contributed by atoms with van der Waals surface area (Å²) in [5.41, 5.74) is 0. The third kappa shape index (κ3) is 5.79. The lowest BCUT2D eigenvalue weighted by Crippen LogP contribution is -2.21. The molecule has 0 aliphatic carbocycles. The molecule has 66 valence electrons. The van der Waals surface area contributed by atoms with Crippen LogP contribution in [0, 0.1) is 5.92 Å². The molecule has 0 aliphatic rings. The maximum atomic E-state index is 12.3. The van der Waals surface area contributed by atoms with E-state index in [1.165, 1.54) is 0 Å². The molecule has 0 aliphatic heterocycles. The standard InChI is InChI=1S/C7H13FO3/c1-5(2)3-11-4-6(8)7(9)10/h5-6H,3-4H2,1-2H3,(H,9,10). The fourth-order valence-corrected chi connectivity index (χ4v) is 0.479. The molecule has 0 rings (SSSR count). The zero-order chi connectivity index (χ0) is 8.85. The first-order valence-electron chi connectivity index (χ1n) is 3.48. The number of alkyl halides is 1. The van der Waals surface area contributed by atoms with Crippen LogP contribution < -0.4 is 0 Å². The van der Waals surface area contributed by atoms with Gasteiger partial charge in [0.15, 0.2) is 0 Å². The second kappa shape index (κ2) is 5.07. The van der Waals surface area contributed by atoms with E-state index in [0.29, 0.717) is 12.5 Å². The van der Waals surface area contributed by atoms with Gasteiger partial charge in [-0.3, -0.25) is 0 Å². The minimum absolute atomic E-state index is 0.302. The van der Waals surface area contributed by atoms with E-state index in [2.05, 4.69) is 0 Å². The Morgan fingerprint density at radius 3 is 2.45 bits per heavy atom. The molecule has 0 saturated carbocycles. The molecule has 0 heterocycles. The Morgan fingerprint density at radius 1 is 1.55 bits per heavy atom. The van der Waals surface area contributed by atoms with Crippen molar-refractivity contribution >= 4 is 5.97 Å². The van der Waals surface area contributed by atoms with E-state index in [9.17, 15) is 9.18 Å². The molecule has 0 radical (unpaired) electrons. The van der Waals surface area contributed by atoms with Gasteiger partial charge in [-0.15, -0.1) is 0 Å². The summed E-state index contributed by atoms with van der Waals surface area (Å²) in [5, 5.41) is 8.09. The summed E-state index contributed by atoms with van der Waals surface area (Å²) < 4.78 is 17.0. The molecule has 0 fully saturated rings. The summed E-state index contributed by atoms with van der Waals surface area (Å²) in [4.78, 5) is 9.92. The number of hydrogen-bond donors (Lipinski definition) is 1. The summed E-state index contributed by atoms with van der Waals surface area (Å²) in [6, 6.07) is 0. The molecule has 0 aromatic heterocycles. The monoisotopic (exact) mass is 164 g/mol. The quantitative estimate of drug-likeness (QED) is 0.661. The van der Waals surface area contributed by atoms with Crippen LogP contribution in [0.1, 0.15) is 13.8 Å². The molecule has 3 nitrogen and oxygen atoms in total. The van der Waals surface area contributed by atoms with E-state index in [4.69, 9.17) is 9.84 Å². The van der Waals surface area contributed by atoms with Crippen molar-refractivity contribution in [2.75, 3.05) is 13.2 Å². The van der Waals surface area contributed by atoms with Crippen molar-refractivity contribution in [1.82, 2.24) is 0 Å². The number of carbonyl (C=O) groups is 1. The number of carboxylic acid groups (broad SMARTS) is 1.